The molecule has 0 spiro atoms. The van der Waals surface area contributed by atoms with Crippen molar-refractivity contribution in [2.75, 3.05) is 7.11 Å². The molecule has 0 saturated heterocycles. The fourth-order valence-electron chi connectivity index (χ4n) is 1.62. The van der Waals surface area contributed by atoms with Gasteiger partial charge in [0.15, 0.2) is 17.6 Å². The fraction of sp³-hybridized carbons (Fsp3) is 0.214. The molecule has 1 aromatic rings. The zero-order valence-corrected chi connectivity index (χ0v) is 11.8. The first-order chi connectivity index (χ1) is 10.6. The predicted molar refractivity (Wildman–Crippen MR) is 74.4 cm³/mol. The lowest BCUT2D eigenvalue weighted by Crippen LogP contribution is -2.58. The zero-order chi connectivity index (χ0) is 17.8. The van der Waals surface area contributed by atoms with E-state index in [4.69, 9.17) is 10.2 Å². The Kier molecular flexibility index (Phi) is 5.44. The van der Waals surface area contributed by atoms with Crippen LogP contribution in [0.2, 0.25) is 0 Å². The van der Waals surface area contributed by atoms with Crippen molar-refractivity contribution in [3.63, 3.8) is 0 Å². The number of methoxy groups -OCH3 is 1. The number of rotatable bonds is 6. The molecule has 5 N–H and O–H groups in total. The number of aromatic hydroxyl groups is 2. The normalized spacial score (nSPS) is 14.9. The maximum absolute atomic E-state index is 12.0. The molecule has 2 unspecified atom stereocenters. The van der Waals surface area contributed by atoms with E-state index in [0.717, 1.165) is 25.3 Å². The first kappa shape index (κ1) is 18.1. The van der Waals surface area contributed by atoms with Gasteiger partial charge in [-0.05, 0) is 23.8 Å². The van der Waals surface area contributed by atoms with Gasteiger partial charge in [0, 0.05) is 0 Å². The molecule has 124 valence electrons. The number of carbonyl (C=O) groups is 3. The molecule has 1 rings (SSSR count). The van der Waals surface area contributed by atoms with Gasteiger partial charge < -0.3 is 30.3 Å². The number of hydrogen-bond donors (Lipinski definition) is 5. The number of esters is 1. The van der Waals surface area contributed by atoms with Crippen LogP contribution in [0.5, 0.6) is 11.5 Å². The SMILES string of the molecule is COC(=O)C(O)(C(=O)C=Cc1ccc(O)c(O)c1)C(O)C(=O)O. The molecule has 0 aliphatic carbocycles. The Hall–Kier alpha value is -2.91. The molecule has 23 heavy (non-hydrogen) atoms. The molecule has 9 nitrogen and oxygen atoms in total. The van der Waals surface area contributed by atoms with Gasteiger partial charge in [0.1, 0.15) is 0 Å². The number of carboxylic acids is 1. The topological polar surface area (TPSA) is 162 Å². The van der Waals surface area contributed by atoms with E-state index in [1.165, 1.54) is 6.07 Å². The molecule has 0 aliphatic rings. The Balaban J connectivity index is 3.15. The van der Waals surface area contributed by atoms with Crippen molar-refractivity contribution in [3.8, 4) is 11.5 Å². The molecule has 0 saturated carbocycles. The van der Waals surface area contributed by atoms with Crippen molar-refractivity contribution in [3.05, 3.63) is 29.8 Å². The van der Waals surface area contributed by atoms with Gasteiger partial charge in [-0.3, -0.25) is 4.79 Å². The second kappa shape index (κ2) is 6.90. The lowest BCUT2D eigenvalue weighted by molar-refractivity contribution is -0.187. The predicted octanol–water partition coefficient (Wildman–Crippen LogP) is -0.970. The van der Waals surface area contributed by atoms with Gasteiger partial charge in [-0.25, -0.2) is 9.59 Å². The number of aliphatic hydroxyl groups is 2. The van der Waals surface area contributed by atoms with Crippen LogP contribution in [0.1, 0.15) is 5.56 Å². The van der Waals surface area contributed by atoms with Gasteiger partial charge >= 0.3 is 11.9 Å². The molecule has 0 radical (unpaired) electrons. The standard InChI is InChI=1S/C14H14O9/c1-23-13(21)14(22,11(18)12(19)20)10(17)5-3-7-2-4-8(15)9(16)6-7/h2-6,11,15-16,18,22H,1H3,(H,19,20). The lowest BCUT2D eigenvalue weighted by atomic mass is 9.90. The first-order valence-corrected chi connectivity index (χ1v) is 6.10. The van der Waals surface area contributed by atoms with Gasteiger partial charge in [0.05, 0.1) is 7.11 Å². The lowest BCUT2D eigenvalue weighted by Gasteiger charge is -2.24. The Morgan fingerprint density at radius 2 is 1.83 bits per heavy atom. The third-order valence-corrected chi connectivity index (χ3v) is 2.93. The maximum atomic E-state index is 12.0. The highest BCUT2D eigenvalue weighted by Crippen LogP contribution is 2.25. The van der Waals surface area contributed by atoms with Gasteiger partial charge in [0.25, 0.3) is 5.60 Å². The number of ketones is 1. The number of aliphatic carboxylic acids is 1. The van der Waals surface area contributed by atoms with Crippen LogP contribution in [0, 0.1) is 0 Å². The molecule has 0 heterocycles. The number of carboxylic acid groups (broad SMARTS) is 1. The number of aliphatic hydroxyl groups excluding tert-OH is 1. The zero-order valence-electron chi connectivity index (χ0n) is 11.8. The summed E-state index contributed by atoms with van der Waals surface area (Å²) in [6.07, 6.45) is -1.07. The molecule has 9 heteroatoms. The molecule has 0 amide bonds. The summed E-state index contributed by atoms with van der Waals surface area (Å²) >= 11 is 0. The van der Waals surface area contributed by atoms with E-state index in [1.54, 1.807) is 0 Å². The van der Waals surface area contributed by atoms with Crippen LogP contribution in [-0.2, 0) is 19.1 Å². The minimum absolute atomic E-state index is 0.200. The number of hydrogen-bond acceptors (Lipinski definition) is 8. The van der Waals surface area contributed by atoms with Crippen LogP contribution in [0.4, 0.5) is 0 Å². The van der Waals surface area contributed by atoms with Crippen LogP contribution < -0.4 is 0 Å². The minimum atomic E-state index is -3.32. The van der Waals surface area contributed by atoms with Crippen LogP contribution >= 0.6 is 0 Å². The molecule has 0 bridgehead atoms. The summed E-state index contributed by atoms with van der Waals surface area (Å²) in [6, 6.07) is 3.49. The molecule has 2 atom stereocenters. The summed E-state index contributed by atoms with van der Waals surface area (Å²) in [4.78, 5) is 34.2. The molecule has 0 aliphatic heterocycles. The summed E-state index contributed by atoms with van der Waals surface area (Å²) in [6.45, 7) is 0. The van der Waals surface area contributed by atoms with Gasteiger partial charge in [0.2, 0.25) is 5.78 Å². The first-order valence-electron chi connectivity index (χ1n) is 6.10. The van der Waals surface area contributed by atoms with E-state index < -0.39 is 40.9 Å². The monoisotopic (exact) mass is 326 g/mol. The highest BCUT2D eigenvalue weighted by Gasteiger charge is 2.54. The third-order valence-electron chi connectivity index (χ3n) is 2.93. The molecular weight excluding hydrogens is 312 g/mol. The van der Waals surface area contributed by atoms with Crippen molar-refractivity contribution < 1.29 is 44.7 Å². The summed E-state index contributed by atoms with van der Waals surface area (Å²) in [7, 11) is 0.802. The van der Waals surface area contributed by atoms with Gasteiger partial charge in [-0.2, -0.15) is 0 Å². The molecule has 1 aromatic carbocycles. The van der Waals surface area contributed by atoms with Crippen LogP contribution in [0.3, 0.4) is 0 Å². The molecule has 0 aromatic heterocycles. The average molecular weight is 326 g/mol. The van der Waals surface area contributed by atoms with E-state index in [9.17, 15) is 29.7 Å². The van der Waals surface area contributed by atoms with E-state index in [0.29, 0.717) is 6.08 Å². The third kappa shape index (κ3) is 3.65. The van der Waals surface area contributed by atoms with Crippen molar-refractivity contribution in [1.82, 2.24) is 0 Å². The largest absolute Gasteiger partial charge is 0.504 e. The number of ether oxygens (including phenoxy) is 1. The van der Waals surface area contributed by atoms with Crippen LogP contribution in [0.15, 0.2) is 24.3 Å². The van der Waals surface area contributed by atoms with E-state index in [-0.39, 0.29) is 5.56 Å². The summed E-state index contributed by atoms with van der Waals surface area (Å²) < 4.78 is 4.15. The van der Waals surface area contributed by atoms with Crippen molar-refractivity contribution >= 4 is 23.8 Å². The number of benzene rings is 1. The number of phenols is 2. The van der Waals surface area contributed by atoms with Gasteiger partial charge in [-0.1, -0.05) is 12.1 Å². The van der Waals surface area contributed by atoms with Crippen LogP contribution in [0.25, 0.3) is 6.08 Å². The average Bonchev–Trinajstić information content (AvgIpc) is 2.52. The Morgan fingerprint density at radius 3 is 2.30 bits per heavy atom. The highest BCUT2D eigenvalue weighted by molar-refractivity contribution is 6.16. The fourth-order valence-corrected chi connectivity index (χ4v) is 1.62. The quantitative estimate of drug-likeness (QED) is 0.192. The maximum Gasteiger partial charge on any atom is 0.349 e. The number of carbonyl (C=O) groups excluding carboxylic acids is 2. The summed E-state index contributed by atoms with van der Waals surface area (Å²) in [5.74, 6) is -5.96. The van der Waals surface area contributed by atoms with Crippen molar-refractivity contribution in [2.45, 2.75) is 11.7 Å². The smallest absolute Gasteiger partial charge is 0.349 e. The molecule has 0 fully saturated rings. The van der Waals surface area contributed by atoms with Crippen molar-refractivity contribution in [1.29, 1.82) is 0 Å². The van der Waals surface area contributed by atoms with E-state index in [1.807, 2.05) is 0 Å². The molecular formula is C14H14O9. The Bertz CT molecular complexity index is 664. The minimum Gasteiger partial charge on any atom is -0.504 e. The van der Waals surface area contributed by atoms with Gasteiger partial charge in [-0.15, -0.1) is 0 Å². The highest BCUT2D eigenvalue weighted by atomic mass is 16.5. The Labute approximate surface area is 129 Å². The second-order valence-electron chi connectivity index (χ2n) is 4.44. The Morgan fingerprint density at radius 1 is 1.22 bits per heavy atom. The van der Waals surface area contributed by atoms with E-state index >= 15 is 0 Å². The second-order valence-corrected chi connectivity index (χ2v) is 4.44. The number of phenolic OH excluding ortho intramolecular Hbond substituents is 2. The van der Waals surface area contributed by atoms with E-state index in [2.05, 4.69) is 4.74 Å². The van der Waals surface area contributed by atoms with Crippen LogP contribution in [-0.4, -0.2) is 62.1 Å². The van der Waals surface area contributed by atoms with Crippen molar-refractivity contribution in [2.24, 2.45) is 0 Å². The summed E-state index contributed by atoms with van der Waals surface area (Å²) in [5, 5.41) is 46.5. The summed E-state index contributed by atoms with van der Waals surface area (Å²) in [5.41, 5.74) is -3.12.